The van der Waals surface area contributed by atoms with E-state index in [-0.39, 0.29) is 11.8 Å². The van der Waals surface area contributed by atoms with Crippen LogP contribution in [0.1, 0.15) is 24.8 Å². The van der Waals surface area contributed by atoms with Gasteiger partial charge in [0.05, 0.1) is 12.5 Å². The zero-order chi connectivity index (χ0) is 13.6. The first kappa shape index (κ1) is 12.4. The van der Waals surface area contributed by atoms with Crippen molar-refractivity contribution in [1.82, 2.24) is 0 Å². The van der Waals surface area contributed by atoms with Gasteiger partial charge < -0.3 is 19.3 Å². The van der Waals surface area contributed by atoms with Crippen LogP contribution in [-0.4, -0.2) is 25.0 Å². The highest BCUT2D eigenvalue weighted by Crippen LogP contribution is 2.54. The van der Waals surface area contributed by atoms with Gasteiger partial charge in [0.1, 0.15) is 10.8 Å². The Labute approximate surface area is 115 Å². The van der Waals surface area contributed by atoms with E-state index in [1.165, 1.54) is 7.11 Å². The summed E-state index contributed by atoms with van der Waals surface area (Å²) < 4.78 is 15.9. The van der Waals surface area contributed by atoms with Gasteiger partial charge in [-0.25, -0.2) is 0 Å². The summed E-state index contributed by atoms with van der Waals surface area (Å²) in [5, 5.41) is 9.80. The molecule has 102 valence electrons. The minimum Gasteiger partial charge on any atom is -0.495 e. The van der Waals surface area contributed by atoms with Crippen LogP contribution in [0.5, 0.6) is 17.2 Å². The number of fused-ring (bicyclic) bond motifs is 1. The van der Waals surface area contributed by atoms with Crippen molar-refractivity contribution in [2.24, 2.45) is 0 Å². The molecule has 1 saturated carbocycles. The second-order valence-electron chi connectivity index (χ2n) is 4.75. The molecular weight excluding hydrogens is 272 g/mol. The largest absolute Gasteiger partial charge is 0.495 e. The van der Waals surface area contributed by atoms with Crippen LogP contribution in [0.25, 0.3) is 0 Å². The van der Waals surface area contributed by atoms with E-state index >= 15 is 0 Å². The van der Waals surface area contributed by atoms with Crippen molar-refractivity contribution in [3.63, 3.8) is 0 Å². The SMILES string of the molecule is COc1c(C2(C(=O)O)CCC2)cc2c(c1Cl)OCO2. The molecule has 1 heterocycles. The lowest BCUT2D eigenvalue weighted by atomic mass is 9.64. The summed E-state index contributed by atoms with van der Waals surface area (Å²) >= 11 is 6.23. The fraction of sp³-hybridized carbons (Fsp3) is 0.462. The van der Waals surface area contributed by atoms with Crippen molar-refractivity contribution in [2.75, 3.05) is 13.9 Å². The molecule has 1 fully saturated rings. The Morgan fingerprint density at radius 1 is 1.47 bits per heavy atom. The van der Waals surface area contributed by atoms with Crippen LogP contribution in [-0.2, 0) is 10.2 Å². The zero-order valence-electron chi connectivity index (χ0n) is 10.4. The molecule has 19 heavy (non-hydrogen) atoms. The maximum absolute atomic E-state index is 11.6. The molecule has 1 aromatic carbocycles. The zero-order valence-corrected chi connectivity index (χ0v) is 11.1. The fourth-order valence-electron chi connectivity index (χ4n) is 2.67. The highest BCUT2D eigenvalue weighted by molar-refractivity contribution is 6.34. The van der Waals surface area contributed by atoms with Gasteiger partial charge in [0.2, 0.25) is 6.79 Å². The second-order valence-corrected chi connectivity index (χ2v) is 5.12. The lowest BCUT2D eigenvalue weighted by Crippen LogP contribution is -2.42. The number of halogens is 1. The molecule has 0 saturated heterocycles. The molecule has 1 N–H and O–H groups in total. The maximum Gasteiger partial charge on any atom is 0.314 e. The molecule has 5 nitrogen and oxygen atoms in total. The van der Waals surface area contributed by atoms with E-state index in [1.807, 2.05) is 0 Å². The Bertz CT molecular complexity index is 550. The summed E-state index contributed by atoms with van der Waals surface area (Å²) in [6.45, 7) is 0.0851. The third-order valence-electron chi connectivity index (χ3n) is 3.90. The number of aliphatic carboxylic acids is 1. The first-order valence-electron chi connectivity index (χ1n) is 6.00. The number of hydrogen-bond acceptors (Lipinski definition) is 4. The highest BCUT2D eigenvalue weighted by atomic mass is 35.5. The Hall–Kier alpha value is -1.62. The number of hydrogen-bond donors (Lipinski definition) is 1. The van der Waals surface area contributed by atoms with Gasteiger partial charge in [0.25, 0.3) is 0 Å². The van der Waals surface area contributed by atoms with Crippen LogP contribution < -0.4 is 14.2 Å². The van der Waals surface area contributed by atoms with Crippen LogP contribution >= 0.6 is 11.6 Å². The second kappa shape index (κ2) is 4.20. The van der Waals surface area contributed by atoms with Crippen LogP contribution in [0, 0.1) is 0 Å². The van der Waals surface area contributed by atoms with E-state index in [9.17, 15) is 9.90 Å². The molecule has 2 aliphatic rings. The van der Waals surface area contributed by atoms with Crippen molar-refractivity contribution in [3.05, 3.63) is 16.7 Å². The number of carboxylic acids is 1. The summed E-state index contributed by atoms with van der Waals surface area (Å²) in [6.07, 6.45) is 2.03. The Balaban J connectivity index is 2.21. The summed E-state index contributed by atoms with van der Waals surface area (Å²) in [6, 6.07) is 1.68. The van der Waals surface area contributed by atoms with Crippen LogP contribution in [0.2, 0.25) is 5.02 Å². The van der Waals surface area contributed by atoms with E-state index in [1.54, 1.807) is 6.07 Å². The summed E-state index contributed by atoms with van der Waals surface area (Å²) in [7, 11) is 1.47. The number of carboxylic acid groups (broad SMARTS) is 1. The average molecular weight is 285 g/mol. The number of benzene rings is 1. The van der Waals surface area contributed by atoms with Crippen molar-refractivity contribution >= 4 is 17.6 Å². The number of ether oxygens (including phenoxy) is 3. The molecule has 1 aromatic rings. The Morgan fingerprint density at radius 2 is 2.21 bits per heavy atom. The van der Waals surface area contributed by atoms with Gasteiger partial charge in [-0.15, -0.1) is 0 Å². The Kier molecular flexibility index (Phi) is 2.74. The van der Waals surface area contributed by atoms with Gasteiger partial charge in [-0.3, -0.25) is 4.79 Å². The highest BCUT2D eigenvalue weighted by Gasteiger charge is 2.49. The van der Waals surface area contributed by atoms with Crippen molar-refractivity contribution < 1.29 is 24.1 Å². The molecule has 6 heteroatoms. The van der Waals surface area contributed by atoms with Gasteiger partial charge in [0, 0.05) is 5.56 Å². The molecule has 1 aliphatic carbocycles. The molecule has 1 aliphatic heterocycles. The first-order valence-corrected chi connectivity index (χ1v) is 6.38. The van der Waals surface area contributed by atoms with E-state index in [0.717, 1.165) is 6.42 Å². The van der Waals surface area contributed by atoms with E-state index in [0.29, 0.717) is 35.7 Å². The Morgan fingerprint density at radius 3 is 2.74 bits per heavy atom. The fourth-order valence-corrected chi connectivity index (χ4v) is 3.00. The molecule has 0 bridgehead atoms. The minimum atomic E-state index is -0.921. The third kappa shape index (κ3) is 1.57. The summed E-state index contributed by atoms with van der Waals surface area (Å²) in [5.74, 6) is 0.412. The van der Waals surface area contributed by atoms with Gasteiger partial charge >= 0.3 is 5.97 Å². The predicted molar refractivity (Wildman–Crippen MR) is 67.3 cm³/mol. The van der Waals surface area contributed by atoms with Crippen molar-refractivity contribution in [1.29, 1.82) is 0 Å². The monoisotopic (exact) mass is 284 g/mol. The maximum atomic E-state index is 11.6. The molecule has 3 rings (SSSR count). The summed E-state index contributed by atoms with van der Waals surface area (Å²) in [5.41, 5.74) is -0.348. The van der Waals surface area contributed by atoms with E-state index in [2.05, 4.69) is 0 Å². The van der Waals surface area contributed by atoms with Gasteiger partial charge in [-0.1, -0.05) is 18.0 Å². The van der Waals surface area contributed by atoms with Gasteiger partial charge in [-0.2, -0.15) is 0 Å². The molecule has 0 amide bonds. The molecule has 0 unspecified atom stereocenters. The van der Waals surface area contributed by atoms with Crippen molar-refractivity contribution in [3.8, 4) is 17.2 Å². The molecular formula is C13H13ClO5. The average Bonchev–Trinajstić information content (AvgIpc) is 2.76. The third-order valence-corrected chi connectivity index (χ3v) is 4.24. The predicted octanol–water partition coefficient (Wildman–Crippen LogP) is 2.58. The standard InChI is InChI=1S/C13H13ClO5/c1-17-10-7(13(12(15)16)3-2-4-13)5-8-11(9(10)14)19-6-18-8/h5H,2-4,6H2,1H3,(H,15,16). The van der Waals surface area contributed by atoms with Crippen LogP contribution in [0.15, 0.2) is 6.07 Å². The lowest BCUT2D eigenvalue weighted by Gasteiger charge is -2.39. The van der Waals surface area contributed by atoms with Gasteiger partial charge in [0.15, 0.2) is 11.5 Å². The quantitative estimate of drug-likeness (QED) is 0.924. The van der Waals surface area contributed by atoms with Crippen molar-refractivity contribution in [2.45, 2.75) is 24.7 Å². The number of carbonyl (C=O) groups is 1. The van der Waals surface area contributed by atoms with E-state index in [4.69, 9.17) is 25.8 Å². The molecule has 0 aromatic heterocycles. The van der Waals surface area contributed by atoms with E-state index < -0.39 is 11.4 Å². The first-order chi connectivity index (χ1) is 9.10. The molecule has 0 spiro atoms. The topological polar surface area (TPSA) is 65.0 Å². The van der Waals surface area contributed by atoms with Crippen LogP contribution in [0.4, 0.5) is 0 Å². The smallest absolute Gasteiger partial charge is 0.314 e. The lowest BCUT2D eigenvalue weighted by molar-refractivity contribution is -0.147. The van der Waals surface area contributed by atoms with Gasteiger partial charge in [-0.05, 0) is 18.9 Å². The minimum absolute atomic E-state index is 0.0851. The molecule has 0 radical (unpaired) electrons. The normalized spacial score (nSPS) is 18.8. The number of methoxy groups -OCH3 is 1. The number of rotatable bonds is 3. The van der Waals surface area contributed by atoms with Crippen LogP contribution in [0.3, 0.4) is 0 Å². The summed E-state index contributed by atoms with van der Waals surface area (Å²) in [4.78, 5) is 11.6. The molecule has 0 atom stereocenters.